The molecule has 0 aliphatic carbocycles. The number of aliphatic hydroxyl groups excluding tert-OH is 2. The van der Waals surface area contributed by atoms with Crippen LogP contribution in [-0.4, -0.2) is 48.1 Å². The van der Waals surface area contributed by atoms with Crippen LogP contribution in [0, 0.1) is 0 Å². The van der Waals surface area contributed by atoms with E-state index in [0.29, 0.717) is 0 Å². The number of carbonyl (C=O) groups is 2. The van der Waals surface area contributed by atoms with Crippen LogP contribution in [0.25, 0.3) is 0 Å². The van der Waals surface area contributed by atoms with Gasteiger partial charge in [0, 0.05) is 0 Å². The molecule has 0 fully saturated rings. The Balaban J connectivity index is 3.93. The van der Waals surface area contributed by atoms with Gasteiger partial charge in [-0.25, -0.2) is 9.59 Å². The van der Waals surface area contributed by atoms with Crippen molar-refractivity contribution in [3.63, 3.8) is 0 Å². The van der Waals surface area contributed by atoms with Crippen LogP contribution in [0.1, 0.15) is 13.8 Å². The Bertz CT molecular complexity index is 211. The quantitative estimate of drug-likeness (QED) is 0.460. The fraction of sp³-hybridized carbons (Fsp3) is 0.750. The number of carbonyl (C=O) groups excluding carboxylic acids is 2. The lowest BCUT2D eigenvalue weighted by Gasteiger charge is -2.19. The molecule has 2 amide bonds. The van der Waals surface area contributed by atoms with Gasteiger partial charge >= 0.3 is 12.2 Å². The van der Waals surface area contributed by atoms with Crippen molar-refractivity contribution in [3.8, 4) is 0 Å². The molecule has 0 aromatic carbocycles. The third kappa shape index (κ3) is 6.04. The maximum atomic E-state index is 10.8. The van der Waals surface area contributed by atoms with Gasteiger partial charge in [-0.05, 0) is 13.8 Å². The highest BCUT2D eigenvalue weighted by Crippen LogP contribution is 1.89. The van der Waals surface area contributed by atoms with E-state index in [9.17, 15) is 19.8 Å². The van der Waals surface area contributed by atoms with E-state index in [1.165, 1.54) is 0 Å². The smallest absolute Gasteiger partial charge is 0.409 e. The molecule has 0 aliphatic heterocycles. The summed E-state index contributed by atoms with van der Waals surface area (Å²) in [6.07, 6.45) is -5.16. The van der Waals surface area contributed by atoms with E-state index in [0.717, 1.165) is 0 Å². The van der Waals surface area contributed by atoms with Crippen molar-refractivity contribution in [2.45, 2.75) is 26.3 Å². The van der Waals surface area contributed by atoms with E-state index in [1.807, 2.05) is 10.6 Å². The lowest BCUT2D eigenvalue weighted by Crippen LogP contribution is -2.51. The number of nitrogens with one attached hydrogen (secondary N) is 2. The molecular weight excluding hydrogens is 220 g/mol. The summed E-state index contributed by atoms with van der Waals surface area (Å²) in [5, 5.41) is 22.2. The summed E-state index contributed by atoms with van der Waals surface area (Å²) in [6, 6.07) is 0. The highest BCUT2D eigenvalue weighted by Gasteiger charge is 2.21. The molecular formula is C8H16N2O6. The summed E-state index contributed by atoms with van der Waals surface area (Å²) in [7, 11) is 0. The van der Waals surface area contributed by atoms with Crippen LogP contribution in [0.3, 0.4) is 0 Å². The van der Waals surface area contributed by atoms with Crippen LogP contribution in [-0.2, 0) is 9.47 Å². The van der Waals surface area contributed by atoms with Crippen molar-refractivity contribution in [2.75, 3.05) is 13.2 Å². The zero-order chi connectivity index (χ0) is 12.6. The first-order chi connectivity index (χ1) is 7.51. The van der Waals surface area contributed by atoms with Gasteiger partial charge in [-0.2, -0.15) is 0 Å². The lowest BCUT2D eigenvalue weighted by molar-refractivity contribution is -0.0194. The topological polar surface area (TPSA) is 117 Å². The molecule has 2 unspecified atom stereocenters. The second-order valence-electron chi connectivity index (χ2n) is 2.62. The molecule has 0 heterocycles. The summed E-state index contributed by atoms with van der Waals surface area (Å²) in [6.45, 7) is 3.42. The van der Waals surface area contributed by atoms with E-state index < -0.39 is 24.6 Å². The fourth-order valence-corrected chi connectivity index (χ4v) is 0.745. The first-order valence-electron chi connectivity index (χ1n) is 4.74. The van der Waals surface area contributed by atoms with Crippen LogP contribution in [0.4, 0.5) is 9.59 Å². The second-order valence-corrected chi connectivity index (χ2v) is 2.62. The molecule has 2 atom stereocenters. The van der Waals surface area contributed by atoms with Gasteiger partial charge in [-0.15, -0.1) is 0 Å². The van der Waals surface area contributed by atoms with Crippen LogP contribution < -0.4 is 10.6 Å². The molecule has 4 N–H and O–H groups in total. The van der Waals surface area contributed by atoms with Gasteiger partial charge in [0.1, 0.15) is 0 Å². The molecule has 0 saturated carbocycles. The maximum Gasteiger partial charge on any atom is 0.409 e. The first kappa shape index (κ1) is 14.5. The van der Waals surface area contributed by atoms with Gasteiger partial charge < -0.3 is 19.7 Å². The van der Waals surface area contributed by atoms with Gasteiger partial charge in [-0.3, -0.25) is 10.6 Å². The normalized spacial score (nSPS) is 13.5. The third-order valence-electron chi connectivity index (χ3n) is 1.38. The third-order valence-corrected chi connectivity index (χ3v) is 1.38. The van der Waals surface area contributed by atoms with Gasteiger partial charge in [0.2, 0.25) is 0 Å². The minimum atomic E-state index is -1.68. The number of ether oxygens (including phenoxy) is 2. The summed E-state index contributed by atoms with van der Waals surface area (Å²) in [4.78, 5) is 21.6. The van der Waals surface area contributed by atoms with E-state index >= 15 is 0 Å². The minimum absolute atomic E-state index is 0.125. The van der Waals surface area contributed by atoms with Crippen molar-refractivity contribution in [2.24, 2.45) is 0 Å². The zero-order valence-corrected chi connectivity index (χ0v) is 9.10. The summed E-state index contributed by atoms with van der Waals surface area (Å²) in [5.74, 6) is 0. The molecule has 0 aromatic rings. The van der Waals surface area contributed by atoms with Crippen LogP contribution >= 0.6 is 0 Å². The Labute approximate surface area is 92.5 Å². The van der Waals surface area contributed by atoms with E-state index in [1.54, 1.807) is 13.8 Å². The molecule has 8 heteroatoms. The number of amides is 2. The van der Waals surface area contributed by atoms with Crippen molar-refractivity contribution in [1.82, 2.24) is 10.6 Å². The fourth-order valence-electron chi connectivity index (χ4n) is 0.745. The molecule has 0 radical (unpaired) electrons. The molecule has 94 valence electrons. The highest BCUT2D eigenvalue weighted by molar-refractivity contribution is 5.68. The van der Waals surface area contributed by atoms with Crippen molar-refractivity contribution < 1.29 is 29.3 Å². The minimum Gasteiger partial charge on any atom is -0.450 e. The maximum absolute atomic E-state index is 10.8. The standard InChI is InChI=1S/C8H16N2O6/c1-3-15-7(13)9-5(11)6(12)10-8(14)16-4-2/h5-6,11-12H,3-4H2,1-2H3,(H,9,13)(H,10,14). The Hall–Kier alpha value is -1.54. The van der Waals surface area contributed by atoms with Gasteiger partial charge in [-0.1, -0.05) is 0 Å². The lowest BCUT2D eigenvalue weighted by atomic mass is 10.5. The van der Waals surface area contributed by atoms with E-state index in [2.05, 4.69) is 9.47 Å². The number of aliphatic hydroxyl groups is 2. The average molecular weight is 236 g/mol. The SMILES string of the molecule is CCOC(=O)NC(O)C(O)NC(=O)OCC. The Morgan fingerprint density at radius 3 is 1.56 bits per heavy atom. The number of hydrogen-bond acceptors (Lipinski definition) is 6. The molecule has 0 saturated heterocycles. The van der Waals surface area contributed by atoms with Crippen LogP contribution in [0.2, 0.25) is 0 Å². The molecule has 0 aromatic heterocycles. The molecule has 0 rings (SSSR count). The Morgan fingerprint density at radius 2 is 1.31 bits per heavy atom. The molecule has 16 heavy (non-hydrogen) atoms. The number of rotatable bonds is 5. The highest BCUT2D eigenvalue weighted by atomic mass is 16.6. The van der Waals surface area contributed by atoms with Crippen molar-refractivity contribution in [3.05, 3.63) is 0 Å². The van der Waals surface area contributed by atoms with Crippen LogP contribution in [0.5, 0.6) is 0 Å². The average Bonchev–Trinajstić information content (AvgIpc) is 2.17. The summed E-state index contributed by atoms with van der Waals surface area (Å²) < 4.78 is 8.90. The van der Waals surface area contributed by atoms with Gasteiger partial charge in [0.15, 0.2) is 12.5 Å². The van der Waals surface area contributed by atoms with Crippen molar-refractivity contribution >= 4 is 12.2 Å². The Morgan fingerprint density at radius 1 is 1.00 bits per heavy atom. The van der Waals surface area contributed by atoms with Gasteiger partial charge in [0.25, 0.3) is 0 Å². The molecule has 8 nitrogen and oxygen atoms in total. The van der Waals surface area contributed by atoms with E-state index in [4.69, 9.17) is 0 Å². The van der Waals surface area contributed by atoms with Crippen LogP contribution in [0.15, 0.2) is 0 Å². The largest absolute Gasteiger partial charge is 0.450 e. The molecule has 0 bridgehead atoms. The number of hydrogen-bond donors (Lipinski definition) is 4. The first-order valence-corrected chi connectivity index (χ1v) is 4.74. The zero-order valence-electron chi connectivity index (χ0n) is 9.10. The van der Waals surface area contributed by atoms with Crippen molar-refractivity contribution in [1.29, 1.82) is 0 Å². The molecule has 0 aliphatic rings. The Kier molecular flexibility index (Phi) is 6.97. The summed E-state index contributed by atoms with van der Waals surface area (Å²) in [5.41, 5.74) is 0. The molecule has 0 spiro atoms. The number of alkyl carbamates (subject to hydrolysis) is 2. The van der Waals surface area contributed by atoms with Gasteiger partial charge in [0.05, 0.1) is 13.2 Å². The summed E-state index contributed by atoms with van der Waals surface area (Å²) >= 11 is 0. The second kappa shape index (κ2) is 7.71. The predicted octanol–water partition coefficient (Wildman–Crippen LogP) is -0.885. The monoisotopic (exact) mass is 236 g/mol. The predicted molar refractivity (Wildman–Crippen MR) is 52.3 cm³/mol. The van der Waals surface area contributed by atoms with E-state index in [-0.39, 0.29) is 13.2 Å².